The second kappa shape index (κ2) is 9.58. The molecule has 0 N–H and O–H groups in total. The second-order valence-corrected chi connectivity index (χ2v) is 9.72. The Morgan fingerprint density at radius 1 is 1.03 bits per heavy atom. The summed E-state index contributed by atoms with van der Waals surface area (Å²) in [5.74, 6) is 2.66. The number of aromatic nitrogens is 2. The Labute approximate surface area is 186 Å². The van der Waals surface area contributed by atoms with Crippen LogP contribution in [0.4, 0.5) is 0 Å². The van der Waals surface area contributed by atoms with E-state index in [0.717, 1.165) is 49.3 Å². The van der Waals surface area contributed by atoms with E-state index in [9.17, 15) is 4.79 Å². The van der Waals surface area contributed by atoms with Crippen molar-refractivity contribution in [3.63, 3.8) is 0 Å². The van der Waals surface area contributed by atoms with Crippen LogP contribution in [0, 0.1) is 11.8 Å². The van der Waals surface area contributed by atoms with Crippen LogP contribution < -0.4 is 0 Å². The summed E-state index contributed by atoms with van der Waals surface area (Å²) in [7, 11) is 0. The molecule has 1 amide bonds. The summed E-state index contributed by atoms with van der Waals surface area (Å²) in [5, 5.41) is 8.39. The number of piperazine rings is 1. The first-order valence-corrected chi connectivity index (χ1v) is 11.6. The van der Waals surface area contributed by atoms with E-state index in [1.807, 2.05) is 24.3 Å². The van der Waals surface area contributed by atoms with E-state index in [2.05, 4.69) is 54.7 Å². The number of likely N-dealkylation sites (tertiary alicyclic amines) is 1. The first-order valence-electron chi connectivity index (χ1n) is 10.8. The van der Waals surface area contributed by atoms with E-state index >= 15 is 0 Å². The number of hydrogen-bond donors (Lipinski definition) is 0. The molecule has 8 heteroatoms. The molecule has 4 rings (SSSR count). The van der Waals surface area contributed by atoms with Gasteiger partial charge in [-0.3, -0.25) is 14.6 Å². The van der Waals surface area contributed by atoms with Crippen molar-refractivity contribution in [2.75, 3.05) is 45.8 Å². The third kappa shape index (κ3) is 5.47. The van der Waals surface area contributed by atoms with Crippen molar-refractivity contribution in [1.82, 2.24) is 24.9 Å². The number of amides is 1. The maximum Gasteiger partial charge on any atom is 0.247 e. The van der Waals surface area contributed by atoms with Gasteiger partial charge in [0.1, 0.15) is 0 Å². The number of rotatable bonds is 5. The van der Waals surface area contributed by atoms with Crippen molar-refractivity contribution in [2.24, 2.45) is 11.8 Å². The monoisotopic (exact) mass is 475 g/mol. The maximum absolute atomic E-state index is 12.7. The van der Waals surface area contributed by atoms with Crippen LogP contribution in [-0.2, 0) is 11.3 Å². The van der Waals surface area contributed by atoms with Crippen LogP contribution in [0.3, 0.4) is 0 Å². The zero-order chi connectivity index (χ0) is 21.1. The quantitative estimate of drug-likeness (QED) is 0.661. The fraction of sp³-hybridized carbons (Fsp3) is 0.591. The lowest BCUT2D eigenvalue weighted by Gasteiger charge is -2.38. The van der Waals surface area contributed by atoms with E-state index in [1.165, 1.54) is 6.42 Å². The standard InChI is InChI=1S/C22H30BrN5O2/c1-16-11-17(2)13-28(12-16)21(29)15-27-9-7-26(8-10-27)14-20-24-25-22(30-20)18-3-5-19(23)6-4-18/h3-6,16-17H,7-15H2,1-2H3. The molecule has 30 heavy (non-hydrogen) atoms. The lowest BCUT2D eigenvalue weighted by molar-refractivity contribution is -0.135. The van der Waals surface area contributed by atoms with Gasteiger partial charge in [0.15, 0.2) is 0 Å². The summed E-state index contributed by atoms with van der Waals surface area (Å²) in [5.41, 5.74) is 0.918. The predicted octanol–water partition coefficient (Wildman–Crippen LogP) is 3.12. The Morgan fingerprint density at radius 3 is 2.33 bits per heavy atom. The molecule has 0 aliphatic carbocycles. The van der Waals surface area contributed by atoms with Gasteiger partial charge in [-0.25, -0.2) is 0 Å². The summed E-state index contributed by atoms with van der Waals surface area (Å²) >= 11 is 3.44. The molecule has 1 aromatic heterocycles. The minimum Gasteiger partial charge on any atom is -0.419 e. The highest BCUT2D eigenvalue weighted by Gasteiger charge is 2.27. The summed E-state index contributed by atoms with van der Waals surface area (Å²) in [6.07, 6.45) is 1.22. The van der Waals surface area contributed by atoms with Crippen molar-refractivity contribution in [3.8, 4) is 11.5 Å². The van der Waals surface area contributed by atoms with Gasteiger partial charge in [-0.1, -0.05) is 29.8 Å². The molecule has 2 aromatic rings. The molecular weight excluding hydrogens is 446 g/mol. The van der Waals surface area contributed by atoms with Gasteiger partial charge in [-0.2, -0.15) is 0 Å². The van der Waals surface area contributed by atoms with E-state index in [1.54, 1.807) is 0 Å². The minimum atomic E-state index is 0.276. The highest BCUT2D eigenvalue weighted by atomic mass is 79.9. The van der Waals surface area contributed by atoms with Gasteiger partial charge < -0.3 is 9.32 Å². The number of halogens is 1. The molecule has 0 radical (unpaired) electrons. The third-order valence-corrected chi connectivity index (χ3v) is 6.49. The number of piperidine rings is 1. The van der Waals surface area contributed by atoms with Gasteiger partial charge in [-0.05, 0) is 42.5 Å². The number of nitrogens with zero attached hydrogens (tertiary/aromatic N) is 5. The molecule has 1 aromatic carbocycles. The number of benzene rings is 1. The second-order valence-electron chi connectivity index (χ2n) is 8.80. The number of carbonyl (C=O) groups excluding carboxylic acids is 1. The third-order valence-electron chi connectivity index (χ3n) is 5.96. The average molecular weight is 476 g/mol. The zero-order valence-corrected chi connectivity index (χ0v) is 19.3. The Hall–Kier alpha value is -1.77. The lowest BCUT2D eigenvalue weighted by Crippen LogP contribution is -2.51. The van der Waals surface area contributed by atoms with Crippen LogP contribution >= 0.6 is 15.9 Å². The molecule has 0 spiro atoms. The molecule has 2 saturated heterocycles. The number of hydrogen-bond acceptors (Lipinski definition) is 6. The van der Waals surface area contributed by atoms with Gasteiger partial charge in [-0.15, -0.1) is 10.2 Å². The molecule has 2 atom stereocenters. The molecule has 162 valence electrons. The Bertz CT molecular complexity index is 837. The molecular formula is C22H30BrN5O2. The van der Waals surface area contributed by atoms with E-state index < -0.39 is 0 Å². The highest BCUT2D eigenvalue weighted by Crippen LogP contribution is 2.22. The first-order chi connectivity index (χ1) is 14.5. The van der Waals surface area contributed by atoms with Crippen LogP contribution in [0.15, 0.2) is 33.2 Å². The van der Waals surface area contributed by atoms with Gasteiger partial charge in [0, 0.05) is 49.3 Å². The molecule has 7 nitrogen and oxygen atoms in total. The Morgan fingerprint density at radius 2 is 1.67 bits per heavy atom. The van der Waals surface area contributed by atoms with Crippen molar-refractivity contribution >= 4 is 21.8 Å². The van der Waals surface area contributed by atoms with Crippen LogP contribution in [0.2, 0.25) is 0 Å². The highest BCUT2D eigenvalue weighted by molar-refractivity contribution is 9.10. The maximum atomic E-state index is 12.7. The minimum absolute atomic E-state index is 0.276. The van der Waals surface area contributed by atoms with Crippen molar-refractivity contribution in [2.45, 2.75) is 26.8 Å². The first kappa shape index (κ1) is 21.5. The zero-order valence-electron chi connectivity index (χ0n) is 17.8. The largest absolute Gasteiger partial charge is 0.419 e. The topological polar surface area (TPSA) is 65.7 Å². The molecule has 0 bridgehead atoms. The van der Waals surface area contributed by atoms with Gasteiger partial charge in [0.25, 0.3) is 0 Å². The van der Waals surface area contributed by atoms with Crippen molar-refractivity contribution < 1.29 is 9.21 Å². The Balaban J connectivity index is 1.24. The summed E-state index contributed by atoms with van der Waals surface area (Å²) in [6.45, 7) is 11.0. The normalized spacial score (nSPS) is 23.6. The van der Waals surface area contributed by atoms with E-state index in [-0.39, 0.29) is 5.91 Å². The molecule has 2 aliphatic heterocycles. The fourth-order valence-corrected chi connectivity index (χ4v) is 4.75. The van der Waals surface area contributed by atoms with Crippen molar-refractivity contribution in [3.05, 3.63) is 34.6 Å². The van der Waals surface area contributed by atoms with Crippen molar-refractivity contribution in [1.29, 1.82) is 0 Å². The van der Waals surface area contributed by atoms with Crippen LogP contribution in [0.25, 0.3) is 11.5 Å². The summed E-state index contributed by atoms with van der Waals surface area (Å²) in [4.78, 5) is 19.4. The molecule has 0 saturated carbocycles. The van der Waals surface area contributed by atoms with Crippen LogP contribution in [-0.4, -0.2) is 76.6 Å². The fourth-order valence-electron chi connectivity index (χ4n) is 4.48. The smallest absolute Gasteiger partial charge is 0.247 e. The number of carbonyl (C=O) groups is 1. The Kier molecular flexibility index (Phi) is 6.85. The van der Waals surface area contributed by atoms with Gasteiger partial charge >= 0.3 is 0 Å². The predicted molar refractivity (Wildman–Crippen MR) is 119 cm³/mol. The molecule has 2 unspecified atom stereocenters. The van der Waals surface area contributed by atoms with E-state index in [4.69, 9.17) is 4.42 Å². The average Bonchev–Trinajstić information content (AvgIpc) is 3.18. The van der Waals surface area contributed by atoms with Crippen LogP contribution in [0.1, 0.15) is 26.2 Å². The SMILES string of the molecule is CC1CC(C)CN(C(=O)CN2CCN(Cc3nnc(-c4ccc(Br)cc4)o3)CC2)C1. The van der Waals surface area contributed by atoms with Crippen LogP contribution in [0.5, 0.6) is 0 Å². The molecule has 3 heterocycles. The molecule has 2 aliphatic rings. The summed E-state index contributed by atoms with van der Waals surface area (Å²) < 4.78 is 6.87. The van der Waals surface area contributed by atoms with Gasteiger partial charge in [0.05, 0.1) is 13.1 Å². The summed E-state index contributed by atoms with van der Waals surface area (Å²) in [6, 6.07) is 7.85. The van der Waals surface area contributed by atoms with Gasteiger partial charge in [0.2, 0.25) is 17.7 Å². The molecule has 2 fully saturated rings. The van der Waals surface area contributed by atoms with E-state index in [0.29, 0.717) is 36.7 Å². The lowest BCUT2D eigenvalue weighted by atomic mass is 9.92.